The van der Waals surface area contributed by atoms with Gasteiger partial charge in [-0.3, -0.25) is 0 Å². The highest BCUT2D eigenvalue weighted by Gasteiger charge is 2.03. The molecule has 16 heavy (non-hydrogen) atoms. The molecule has 1 unspecified atom stereocenters. The normalized spacial score (nSPS) is 12.4. The summed E-state index contributed by atoms with van der Waals surface area (Å²) in [6.07, 6.45) is 1.50. The van der Waals surface area contributed by atoms with Gasteiger partial charge in [0.2, 0.25) is 5.88 Å². The summed E-state index contributed by atoms with van der Waals surface area (Å²) in [5.41, 5.74) is 0. The van der Waals surface area contributed by atoms with Crippen LogP contribution in [0, 0.1) is 5.82 Å². The fourth-order valence-electron chi connectivity index (χ4n) is 1.24. The number of aromatic nitrogens is 1. The molecule has 1 N–H and O–H groups in total. The van der Waals surface area contributed by atoms with Crippen LogP contribution in [0.15, 0.2) is 18.3 Å². The first-order valence-electron chi connectivity index (χ1n) is 5.19. The molecule has 0 bridgehead atoms. The Hall–Kier alpha value is -1.20. The quantitative estimate of drug-likeness (QED) is 0.713. The lowest BCUT2D eigenvalue weighted by Crippen LogP contribution is -2.33. The van der Waals surface area contributed by atoms with Crippen LogP contribution in [0.1, 0.15) is 6.92 Å². The Morgan fingerprint density at radius 1 is 1.56 bits per heavy atom. The maximum atomic E-state index is 13.1. The fourth-order valence-corrected chi connectivity index (χ4v) is 1.24. The van der Waals surface area contributed by atoms with E-state index in [0.717, 1.165) is 0 Å². The molecule has 1 heterocycles. The van der Waals surface area contributed by atoms with Gasteiger partial charge in [-0.15, -0.1) is 0 Å². The monoisotopic (exact) mass is 228 g/mol. The summed E-state index contributed by atoms with van der Waals surface area (Å²) < 4.78 is 23.2. The largest absolute Gasteiger partial charge is 0.474 e. The van der Waals surface area contributed by atoms with Gasteiger partial charge in [0.25, 0.3) is 0 Å². The van der Waals surface area contributed by atoms with Crippen molar-refractivity contribution in [1.82, 2.24) is 10.3 Å². The molecule has 0 saturated heterocycles. The van der Waals surface area contributed by atoms with Crippen LogP contribution >= 0.6 is 0 Å². The first kappa shape index (κ1) is 12.9. The van der Waals surface area contributed by atoms with E-state index in [4.69, 9.17) is 9.47 Å². The summed E-state index contributed by atoms with van der Waals surface area (Å²) in [6, 6.07) is 3.10. The molecule has 0 aliphatic rings. The Kier molecular flexibility index (Phi) is 5.74. The molecule has 0 aliphatic heterocycles. The molecular formula is C11H17FN2O2. The molecule has 0 spiro atoms. The number of methoxy groups -OCH3 is 1. The third-order valence-electron chi connectivity index (χ3n) is 1.98. The molecule has 1 aromatic heterocycles. The Morgan fingerprint density at radius 2 is 2.38 bits per heavy atom. The minimum atomic E-state index is -0.438. The lowest BCUT2D eigenvalue weighted by molar-refractivity contribution is 0.168. The van der Waals surface area contributed by atoms with Crippen molar-refractivity contribution >= 4 is 0 Å². The summed E-state index contributed by atoms with van der Waals surface area (Å²) in [5, 5.41) is 3.17. The van der Waals surface area contributed by atoms with E-state index in [1.165, 1.54) is 18.3 Å². The average molecular weight is 228 g/mol. The van der Waals surface area contributed by atoms with Gasteiger partial charge in [-0.25, -0.2) is 9.37 Å². The minimum Gasteiger partial charge on any atom is -0.474 e. The highest BCUT2D eigenvalue weighted by atomic mass is 19.1. The number of ether oxygens (including phenoxy) is 2. The molecule has 5 heteroatoms. The molecular weight excluding hydrogens is 211 g/mol. The second kappa shape index (κ2) is 7.14. The van der Waals surface area contributed by atoms with E-state index in [1.54, 1.807) is 7.11 Å². The number of rotatable bonds is 7. The van der Waals surface area contributed by atoms with Crippen LogP contribution in [0.3, 0.4) is 0 Å². The summed E-state index contributed by atoms with van der Waals surface area (Å²) in [7, 11) is 1.65. The first-order chi connectivity index (χ1) is 7.74. The van der Waals surface area contributed by atoms with Crippen molar-refractivity contribution in [3.05, 3.63) is 24.1 Å². The number of nitrogens with zero attached hydrogens (tertiary/aromatic N) is 1. The maximum Gasteiger partial charge on any atom is 0.250 e. The zero-order valence-corrected chi connectivity index (χ0v) is 9.57. The second-order valence-corrected chi connectivity index (χ2v) is 3.45. The minimum absolute atomic E-state index is 0.0451. The van der Waals surface area contributed by atoms with Crippen LogP contribution in [0.2, 0.25) is 0 Å². The topological polar surface area (TPSA) is 43.4 Å². The van der Waals surface area contributed by atoms with Crippen molar-refractivity contribution in [1.29, 1.82) is 0 Å². The highest BCUT2D eigenvalue weighted by molar-refractivity contribution is 5.12. The van der Waals surface area contributed by atoms with Gasteiger partial charge in [-0.05, 0) is 19.1 Å². The highest BCUT2D eigenvalue weighted by Crippen LogP contribution is 2.10. The molecule has 0 aromatic carbocycles. The third kappa shape index (κ3) is 4.55. The Bertz CT molecular complexity index is 310. The number of halogens is 1. The van der Waals surface area contributed by atoms with Crippen LogP contribution in [0.4, 0.5) is 4.39 Å². The van der Waals surface area contributed by atoms with Crippen LogP contribution in [-0.2, 0) is 4.74 Å². The van der Waals surface area contributed by atoms with Crippen molar-refractivity contribution in [3.8, 4) is 5.88 Å². The van der Waals surface area contributed by atoms with E-state index in [9.17, 15) is 4.39 Å². The molecule has 1 aromatic rings. The van der Waals surface area contributed by atoms with Crippen LogP contribution < -0.4 is 10.1 Å². The van der Waals surface area contributed by atoms with Gasteiger partial charge < -0.3 is 14.8 Å². The molecule has 0 radical (unpaired) electrons. The number of hydrogen-bond acceptors (Lipinski definition) is 4. The number of nitrogens with one attached hydrogen (secondary N) is 1. The van der Waals surface area contributed by atoms with E-state index in [1.807, 2.05) is 6.92 Å². The lowest BCUT2D eigenvalue weighted by atomic mass is 10.3. The van der Waals surface area contributed by atoms with E-state index in [0.29, 0.717) is 19.8 Å². The van der Waals surface area contributed by atoms with Gasteiger partial charge in [0.05, 0.1) is 6.61 Å². The van der Waals surface area contributed by atoms with Crippen LogP contribution in [0.25, 0.3) is 0 Å². The van der Waals surface area contributed by atoms with Gasteiger partial charge >= 0.3 is 0 Å². The molecule has 0 saturated carbocycles. The Balaban J connectivity index is 2.19. The Morgan fingerprint density at radius 3 is 3.06 bits per heavy atom. The van der Waals surface area contributed by atoms with Crippen LogP contribution in [0.5, 0.6) is 5.88 Å². The molecule has 1 atom stereocenters. The smallest absolute Gasteiger partial charge is 0.250 e. The van der Waals surface area contributed by atoms with E-state index < -0.39 is 5.82 Å². The van der Waals surface area contributed by atoms with Crippen molar-refractivity contribution in [2.45, 2.75) is 13.0 Å². The summed E-state index contributed by atoms with van der Waals surface area (Å²) in [5.74, 6) is -0.392. The first-order valence-corrected chi connectivity index (χ1v) is 5.19. The molecule has 1 rings (SSSR count). The third-order valence-corrected chi connectivity index (χ3v) is 1.98. The van der Waals surface area contributed by atoms with E-state index >= 15 is 0 Å². The maximum absolute atomic E-state index is 13.1. The van der Waals surface area contributed by atoms with Gasteiger partial charge in [0.15, 0.2) is 5.82 Å². The lowest BCUT2D eigenvalue weighted by Gasteiger charge is -2.12. The molecule has 0 fully saturated rings. The van der Waals surface area contributed by atoms with Crippen molar-refractivity contribution < 1.29 is 13.9 Å². The average Bonchev–Trinajstić information content (AvgIpc) is 2.27. The van der Waals surface area contributed by atoms with Gasteiger partial charge in [-0.1, -0.05) is 0 Å². The summed E-state index contributed by atoms with van der Waals surface area (Å²) in [4.78, 5) is 3.78. The van der Waals surface area contributed by atoms with Crippen molar-refractivity contribution in [3.63, 3.8) is 0 Å². The van der Waals surface area contributed by atoms with Gasteiger partial charge in [-0.2, -0.15) is 0 Å². The molecule has 0 amide bonds. The Labute approximate surface area is 94.8 Å². The van der Waals surface area contributed by atoms with Crippen molar-refractivity contribution in [2.75, 3.05) is 26.9 Å². The zero-order chi connectivity index (χ0) is 11.8. The molecule has 4 nitrogen and oxygen atoms in total. The standard InChI is InChI=1S/C11H17FN2O2/c1-9(8-15-2)13-6-7-16-11-10(12)4-3-5-14-11/h3-5,9,13H,6-8H2,1-2H3. The second-order valence-electron chi connectivity index (χ2n) is 3.45. The van der Waals surface area contributed by atoms with E-state index in [-0.39, 0.29) is 11.9 Å². The SMILES string of the molecule is COCC(C)NCCOc1ncccc1F. The predicted octanol–water partition coefficient (Wildman–Crippen LogP) is 1.22. The summed E-state index contributed by atoms with van der Waals surface area (Å²) >= 11 is 0. The fraction of sp³-hybridized carbons (Fsp3) is 0.545. The molecule has 90 valence electrons. The number of hydrogen-bond donors (Lipinski definition) is 1. The van der Waals surface area contributed by atoms with Gasteiger partial charge in [0, 0.05) is 25.9 Å². The zero-order valence-electron chi connectivity index (χ0n) is 9.57. The predicted molar refractivity (Wildman–Crippen MR) is 59.0 cm³/mol. The summed E-state index contributed by atoms with van der Waals surface area (Å²) in [6.45, 7) is 3.64. The van der Waals surface area contributed by atoms with Gasteiger partial charge in [0.1, 0.15) is 6.61 Å². The van der Waals surface area contributed by atoms with Crippen molar-refractivity contribution in [2.24, 2.45) is 0 Å². The van der Waals surface area contributed by atoms with Crippen LogP contribution in [-0.4, -0.2) is 37.9 Å². The van der Waals surface area contributed by atoms with E-state index in [2.05, 4.69) is 10.3 Å². The number of pyridine rings is 1. The molecule has 0 aliphatic carbocycles.